The summed E-state index contributed by atoms with van der Waals surface area (Å²) in [6, 6.07) is 18.1. The van der Waals surface area contributed by atoms with E-state index in [0.29, 0.717) is 23.0 Å². The van der Waals surface area contributed by atoms with Gasteiger partial charge < -0.3 is 16.0 Å². The minimum Gasteiger partial charge on any atom is -0.357 e. The molecule has 3 N–H and O–H groups in total. The molecule has 0 saturated heterocycles. The molecular formula is C21H21N5O2. The maximum Gasteiger partial charge on any atom is 0.246 e. The zero-order valence-electron chi connectivity index (χ0n) is 15.6. The first-order valence-corrected chi connectivity index (χ1v) is 8.85. The Morgan fingerprint density at radius 3 is 2.21 bits per heavy atom. The summed E-state index contributed by atoms with van der Waals surface area (Å²) >= 11 is 0. The lowest BCUT2D eigenvalue weighted by Gasteiger charge is -2.17. The fourth-order valence-corrected chi connectivity index (χ4v) is 2.54. The van der Waals surface area contributed by atoms with Crippen LogP contribution in [-0.4, -0.2) is 27.8 Å². The Labute approximate surface area is 163 Å². The molecule has 0 saturated carbocycles. The Bertz CT molecular complexity index is 961. The first-order valence-electron chi connectivity index (χ1n) is 8.85. The minimum absolute atomic E-state index is 0.222. The quantitative estimate of drug-likeness (QED) is 0.612. The van der Waals surface area contributed by atoms with Gasteiger partial charge in [-0.3, -0.25) is 9.59 Å². The van der Waals surface area contributed by atoms with Crippen LogP contribution in [0, 0.1) is 0 Å². The Hall–Kier alpha value is -3.74. The van der Waals surface area contributed by atoms with Gasteiger partial charge in [-0.05, 0) is 19.1 Å². The number of nitrogens with zero attached hydrogens (tertiary/aromatic N) is 2. The normalized spacial score (nSPS) is 11.4. The zero-order valence-corrected chi connectivity index (χ0v) is 15.6. The van der Waals surface area contributed by atoms with Gasteiger partial charge in [-0.25, -0.2) is 9.97 Å². The number of amides is 2. The zero-order chi connectivity index (χ0) is 19.9. The van der Waals surface area contributed by atoms with E-state index in [0.717, 1.165) is 5.56 Å². The number of carbonyl (C=O) groups is 2. The average molecular weight is 375 g/mol. The maximum atomic E-state index is 12.5. The molecule has 28 heavy (non-hydrogen) atoms. The number of aromatic nitrogens is 2. The largest absolute Gasteiger partial charge is 0.357 e. The molecule has 2 amide bonds. The summed E-state index contributed by atoms with van der Waals surface area (Å²) in [6.07, 6.45) is 1.53. The summed E-state index contributed by atoms with van der Waals surface area (Å²) in [5.41, 5.74) is 1.95. The minimum atomic E-state index is -0.591. The monoisotopic (exact) mass is 375 g/mol. The number of nitrogens with one attached hydrogen (secondary N) is 3. The Balaban J connectivity index is 1.83. The number of hydrogen-bond donors (Lipinski definition) is 3. The molecule has 2 aromatic carbocycles. The molecule has 0 bridgehead atoms. The third-order valence-electron chi connectivity index (χ3n) is 3.92. The molecule has 0 radical (unpaired) electrons. The standard InChI is InChI=1S/C21H21N5O2/c1-14(21(28)25-17-11-7-4-8-12-17)23-20-18(24-15(2)27)13-22-19(26-20)16-9-5-3-6-10-16/h3-14H,1-2H3,(H,24,27)(H,25,28)(H,22,23,26). The smallest absolute Gasteiger partial charge is 0.246 e. The van der Waals surface area contributed by atoms with Crippen LogP contribution in [0.1, 0.15) is 13.8 Å². The molecule has 1 unspecified atom stereocenters. The van der Waals surface area contributed by atoms with Crippen molar-refractivity contribution in [2.24, 2.45) is 0 Å². The van der Waals surface area contributed by atoms with Crippen LogP contribution in [0.15, 0.2) is 66.9 Å². The first-order chi connectivity index (χ1) is 13.5. The molecule has 0 fully saturated rings. The van der Waals surface area contributed by atoms with E-state index in [9.17, 15) is 9.59 Å². The molecule has 3 rings (SSSR count). The first kappa shape index (κ1) is 19.0. The highest BCUT2D eigenvalue weighted by Gasteiger charge is 2.17. The molecule has 1 atom stereocenters. The second-order valence-corrected chi connectivity index (χ2v) is 6.22. The topological polar surface area (TPSA) is 96.0 Å². The molecule has 0 aliphatic heterocycles. The highest BCUT2D eigenvalue weighted by molar-refractivity contribution is 5.97. The van der Waals surface area contributed by atoms with Gasteiger partial charge in [0.15, 0.2) is 11.6 Å². The van der Waals surface area contributed by atoms with Crippen molar-refractivity contribution in [1.82, 2.24) is 9.97 Å². The third-order valence-corrected chi connectivity index (χ3v) is 3.92. The fourth-order valence-electron chi connectivity index (χ4n) is 2.54. The van der Waals surface area contributed by atoms with Gasteiger partial charge in [0.05, 0.1) is 6.20 Å². The molecule has 7 nitrogen and oxygen atoms in total. The van der Waals surface area contributed by atoms with Gasteiger partial charge in [0, 0.05) is 18.2 Å². The van der Waals surface area contributed by atoms with Gasteiger partial charge in [-0.2, -0.15) is 0 Å². The van der Waals surface area contributed by atoms with Crippen LogP contribution < -0.4 is 16.0 Å². The number of carbonyl (C=O) groups excluding carboxylic acids is 2. The van der Waals surface area contributed by atoms with Crippen LogP contribution >= 0.6 is 0 Å². The van der Waals surface area contributed by atoms with Crippen molar-refractivity contribution < 1.29 is 9.59 Å². The van der Waals surface area contributed by atoms with E-state index in [-0.39, 0.29) is 11.8 Å². The van der Waals surface area contributed by atoms with Crippen molar-refractivity contribution >= 4 is 29.0 Å². The highest BCUT2D eigenvalue weighted by Crippen LogP contribution is 2.23. The predicted molar refractivity (Wildman–Crippen MR) is 110 cm³/mol. The van der Waals surface area contributed by atoms with E-state index in [1.165, 1.54) is 13.1 Å². The number of hydrogen-bond acceptors (Lipinski definition) is 5. The number of anilines is 3. The van der Waals surface area contributed by atoms with Crippen LogP contribution in [-0.2, 0) is 9.59 Å². The fraction of sp³-hybridized carbons (Fsp3) is 0.143. The van der Waals surface area contributed by atoms with E-state index in [2.05, 4.69) is 25.9 Å². The van der Waals surface area contributed by atoms with Crippen molar-refractivity contribution in [3.8, 4) is 11.4 Å². The van der Waals surface area contributed by atoms with Crippen molar-refractivity contribution in [2.75, 3.05) is 16.0 Å². The molecule has 142 valence electrons. The van der Waals surface area contributed by atoms with Crippen LogP contribution in [0.4, 0.5) is 17.2 Å². The lowest BCUT2D eigenvalue weighted by atomic mass is 10.2. The Kier molecular flexibility index (Phi) is 5.96. The second-order valence-electron chi connectivity index (χ2n) is 6.22. The Morgan fingerprint density at radius 1 is 0.929 bits per heavy atom. The number of benzene rings is 2. The lowest BCUT2D eigenvalue weighted by Crippen LogP contribution is -2.32. The van der Waals surface area contributed by atoms with Crippen LogP contribution in [0.25, 0.3) is 11.4 Å². The molecule has 0 aliphatic carbocycles. The van der Waals surface area contributed by atoms with E-state index in [1.54, 1.807) is 6.92 Å². The van der Waals surface area contributed by atoms with Crippen molar-refractivity contribution in [3.05, 3.63) is 66.9 Å². The third kappa shape index (κ3) is 4.91. The number of para-hydroxylation sites is 1. The molecule has 7 heteroatoms. The summed E-state index contributed by atoms with van der Waals surface area (Å²) < 4.78 is 0. The lowest BCUT2D eigenvalue weighted by molar-refractivity contribution is -0.116. The van der Waals surface area contributed by atoms with Crippen molar-refractivity contribution in [2.45, 2.75) is 19.9 Å². The Morgan fingerprint density at radius 2 is 1.57 bits per heavy atom. The van der Waals surface area contributed by atoms with Crippen LogP contribution in [0.2, 0.25) is 0 Å². The summed E-state index contributed by atoms with van der Waals surface area (Å²) in [5.74, 6) is 0.396. The van der Waals surface area contributed by atoms with E-state index >= 15 is 0 Å². The summed E-state index contributed by atoms with van der Waals surface area (Å²) in [5, 5.41) is 8.59. The van der Waals surface area contributed by atoms with Gasteiger partial charge in [0.25, 0.3) is 0 Å². The van der Waals surface area contributed by atoms with Gasteiger partial charge in [-0.1, -0.05) is 48.5 Å². The molecule has 0 spiro atoms. The molecule has 1 aromatic heterocycles. The predicted octanol–water partition coefficient (Wildman–Crippen LogP) is 3.54. The van der Waals surface area contributed by atoms with Gasteiger partial charge in [0.2, 0.25) is 11.8 Å². The summed E-state index contributed by atoms with van der Waals surface area (Å²) in [6.45, 7) is 3.13. The van der Waals surface area contributed by atoms with E-state index < -0.39 is 6.04 Å². The maximum absolute atomic E-state index is 12.5. The molecular weight excluding hydrogens is 354 g/mol. The number of rotatable bonds is 6. The van der Waals surface area contributed by atoms with E-state index in [1.807, 2.05) is 60.7 Å². The van der Waals surface area contributed by atoms with Gasteiger partial charge in [0.1, 0.15) is 11.7 Å². The molecule has 1 heterocycles. The average Bonchev–Trinajstić information content (AvgIpc) is 2.70. The van der Waals surface area contributed by atoms with Crippen molar-refractivity contribution in [3.63, 3.8) is 0 Å². The summed E-state index contributed by atoms with van der Waals surface area (Å²) in [7, 11) is 0. The van der Waals surface area contributed by atoms with Crippen LogP contribution in [0.5, 0.6) is 0 Å². The molecule has 3 aromatic rings. The summed E-state index contributed by atoms with van der Waals surface area (Å²) in [4.78, 5) is 32.8. The van der Waals surface area contributed by atoms with Crippen molar-refractivity contribution in [1.29, 1.82) is 0 Å². The van der Waals surface area contributed by atoms with Crippen LogP contribution in [0.3, 0.4) is 0 Å². The highest BCUT2D eigenvalue weighted by atomic mass is 16.2. The SMILES string of the molecule is CC(=O)Nc1cnc(-c2ccccc2)nc1NC(C)C(=O)Nc1ccccc1. The van der Waals surface area contributed by atoms with Gasteiger partial charge >= 0.3 is 0 Å². The second kappa shape index (κ2) is 8.77. The van der Waals surface area contributed by atoms with Gasteiger partial charge in [-0.15, -0.1) is 0 Å². The molecule has 0 aliphatic rings. The van der Waals surface area contributed by atoms with E-state index in [4.69, 9.17) is 0 Å².